The lowest BCUT2D eigenvalue weighted by molar-refractivity contribution is -0.661. The summed E-state index contributed by atoms with van der Waals surface area (Å²) in [5.74, 6) is -1.96. The van der Waals surface area contributed by atoms with Crippen molar-refractivity contribution in [2.24, 2.45) is 0 Å². The Morgan fingerprint density at radius 1 is 1.07 bits per heavy atom. The van der Waals surface area contributed by atoms with Gasteiger partial charge in [0.25, 0.3) is 0 Å². The number of carboxylic acids is 1. The van der Waals surface area contributed by atoms with E-state index < -0.39 is 30.0 Å². The number of carboxylic acid groups (broad SMARTS) is 1. The summed E-state index contributed by atoms with van der Waals surface area (Å²) < 4.78 is 5.47. The number of quaternary nitrogens is 1. The van der Waals surface area contributed by atoms with Gasteiger partial charge >= 0.3 is 11.9 Å². The van der Waals surface area contributed by atoms with E-state index in [0.717, 1.165) is 0 Å². The van der Waals surface area contributed by atoms with Crippen LogP contribution in [0.1, 0.15) is 40.7 Å². The molecule has 1 aliphatic heterocycles. The van der Waals surface area contributed by atoms with Crippen LogP contribution in [0.4, 0.5) is 0 Å². The van der Waals surface area contributed by atoms with Gasteiger partial charge in [0.1, 0.15) is 6.54 Å². The van der Waals surface area contributed by atoms with E-state index >= 15 is 0 Å². The third-order valence-corrected chi connectivity index (χ3v) is 4.84. The Hall–Kier alpha value is -2.99. The molecule has 140 valence electrons. The van der Waals surface area contributed by atoms with Crippen molar-refractivity contribution in [3.05, 3.63) is 71.3 Å². The van der Waals surface area contributed by atoms with Crippen molar-refractivity contribution in [1.82, 2.24) is 0 Å². The Morgan fingerprint density at radius 2 is 1.78 bits per heavy atom. The molecule has 1 fully saturated rings. The minimum Gasteiger partial charge on any atom is -0.477 e. The van der Waals surface area contributed by atoms with Gasteiger partial charge in [-0.3, -0.25) is 9.59 Å². The molecule has 6 heteroatoms. The Labute approximate surface area is 157 Å². The number of carbonyl (C=O) groups excluding carboxylic acids is 2. The van der Waals surface area contributed by atoms with Crippen LogP contribution < -0.4 is 5.32 Å². The van der Waals surface area contributed by atoms with Gasteiger partial charge in [-0.15, -0.1) is 0 Å². The molecule has 3 N–H and O–H groups in total. The number of nitrogens with two attached hydrogens (primary N) is 1. The monoisotopic (exact) mass is 368 g/mol. The first kappa shape index (κ1) is 18.8. The Balaban J connectivity index is 1.68. The van der Waals surface area contributed by atoms with Crippen molar-refractivity contribution in [2.75, 3.05) is 6.54 Å². The molecule has 2 aromatic rings. The van der Waals surface area contributed by atoms with E-state index in [1.54, 1.807) is 60.8 Å². The smallest absolute Gasteiger partial charge is 0.362 e. The molecule has 0 saturated carbocycles. The van der Waals surface area contributed by atoms with Crippen LogP contribution in [0.2, 0.25) is 0 Å². The predicted octanol–water partition coefficient (Wildman–Crippen LogP) is 1.35. The number of rotatable bonds is 6. The van der Waals surface area contributed by atoms with Gasteiger partial charge in [0.2, 0.25) is 0 Å². The Bertz CT molecular complexity index is 849. The summed E-state index contributed by atoms with van der Waals surface area (Å²) in [5.41, 5.74) is 1.79. The van der Waals surface area contributed by atoms with E-state index in [1.165, 1.54) is 0 Å². The van der Waals surface area contributed by atoms with E-state index in [4.69, 9.17) is 9.84 Å². The maximum absolute atomic E-state index is 12.6. The number of hydrogen-bond acceptors (Lipinski definition) is 4. The van der Waals surface area contributed by atoms with Gasteiger partial charge in [-0.25, -0.2) is 4.79 Å². The maximum atomic E-state index is 12.6. The molecular weight excluding hydrogens is 346 g/mol. The van der Waals surface area contributed by atoms with Crippen LogP contribution in [0.25, 0.3) is 0 Å². The number of ketones is 1. The molecule has 0 amide bonds. The molecule has 1 aliphatic rings. The molecule has 0 aliphatic carbocycles. The second-order valence-corrected chi connectivity index (χ2v) is 6.75. The number of ether oxygens (including phenoxy) is 1. The SMILES string of the molecule is C[C@@H](C(=O)O[C@H]1C[NH2+][C@H](C(=O)O)C1)c1cccc(C(=O)c2ccccc2)c1. The summed E-state index contributed by atoms with van der Waals surface area (Å²) in [5, 5.41) is 10.7. The summed E-state index contributed by atoms with van der Waals surface area (Å²) >= 11 is 0. The highest BCUT2D eigenvalue weighted by atomic mass is 16.5. The summed E-state index contributed by atoms with van der Waals surface area (Å²) in [6.45, 7) is 2.17. The van der Waals surface area contributed by atoms with Crippen molar-refractivity contribution in [3.8, 4) is 0 Å². The number of aliphatic carboxylic acids is 1. The van der Waals surface area contributed by atoms with Crippen molar-refractivity contribution in [3.63, 3.8) is 0 Å². The minimum absolute atomic E-state index is 0.104. The fraction of sp³-hybridized carbons (Fsp3) is 0.286. The standard InChI is InChI=1S/C21H21NO5/c1-13(21(26)27-17-11-18(20(24)25)22-12-17)15-8-5-9-16(10-15)19(23)14-6-3-2-4-7-14/h2-10,13,17-18,22H,11-12H2,1H3,(H,24,25)/p+1/t13-,17-,18+/m1/s1. The molecule has 3 rings (SSSR count). The van der Waals surface area contributed by atoms with E-state index in [1.807, 2.05) is 6.07 Å². The summed E-state index contributed by atoms with van der Waals surface area (Å²) in [6, 6.07) is 15.4. The lowest BCUT2D eigenvalue weighted by atomic mass is 9.96. The third-order valence-electron chi connectivity index (χ3n) is 4.84. The second-order valence-electron chi connectivity index (χ2n) is 6.75. The van der Waals surface area contributed by atoms with Crippen LogP contribution in [0, 0.1) is 0 Å². The average molecular weight is 368 g/mol. The summed E-state index contributed by atoms with van der Waals surface area (Å²) in [7, 11) is 0. The number of hydrogen-bond donors (Lipinski definition) is 2. The van der Waals surface area contributed by atoms with Gasteiger partial charge in [0.05, 0.1) is 12.3 Å². The van der Waals surface area contributed by atoms with Crippen molar-refractivity contribution < 1.29 is 29.5 Å². The molecule has 1 saturated heterocycles. The maximum Gasteiger partial charge on any atom is 0.362 e. The average Bonchev–Trinajstić information content (AvgIpc) is 3.16. The molecule has 0 radical (unpaired) electrons. The normalized spacial score (nSPS) is 20.0. The topological polar surface area (TPSA) is 97.3 Å². The zero-order chi connectivity index (χ0) is 19.4. The molecule has 0 aromatic heterocycles. The van der Waals surface area contributed by atoms with Gasteiger partial charge in [-0.1, -0.05) is 48.5 Å². The van der Waals surface area contributed by atoms with E-state index in [-0.39, 0.29) is 5.78 Å². The van der Waals surface area contributed by atoms with Crippen LogP contribution in [-0.2, 0) is 14.3 Å². The first-order valence-electron chi connectivity index (χ1n) is 8.92. The van der Waals surface area contributed by atoms with Crippen molar-refractivity contribution >= 4 is 17.7 Å². The number of esters is 1. The second kappa shape index (κ2) is 8.14. The molecule has 3 atom stereocenters. The highest BCUT2D eigenvalue weighted by Crippen LogP contribution is 2.21. The van der Waals surface area contributed by atoms with Crippen LogP contribution >= 0.6 is 0 Å². The predicted molar refractivity (Wildman–Crippen MR) is 97.4 cm³/mol. The molecule has 6 nitrogen and oxygen atoms in total. The highest BCUT2D eigenvalue weighted by Gasteiger charge is 2.36. The van der Waals surface area contributed by atoms with Crippen LogP contribution in [0.15, 0.2) is 54.6 Å². The lowest BCUT2D eigenvalue weighted by Crippen LogP contribution is -2.89. The lowest BCUT2D eigenvalue weighted by Gasteiger charge is -2.15. The molecule has 0 unspecified atom stereocenters. The first-order chi connectivity index (χ1) is 13.0. The van der Waals surface area contributed by atoms with Crippen molar-refractivity contribution in [1.29, 1.82) is 0 Å². The molecule has 0 spiro atoms. The van der Waals surface area contributed by atoms with Crippen molar-refractivity contribution in [2.45, 2.75) is 31.4 Å². The third kappa shape index (κ3) is 4.41. The molecule has 27 heavy (non-hydrogen) atoms. The van der Waals surface area contributed by atoms with Crippen LogP contribution in [0.3, 0.4) is 0 Å². The van der Waals surface area contributed by atoms with Gasteiger partial charge in [-0.05, 0) is 18.6 Å². The van der Waals surface area contributed by atoms with Crippen LogP contribution in [0.5, 0.6) is 0 Å². The van der Waals surface area contributed by atoms with Gasteiger partial charge < -0.3 is 15.2 Å². The molecule has 1 heterocycles. The quantitative estimate of drug-likeness (QED) is 0.593. The van der Waals surface area contributed by atoms with E-state index in [0.29, 0.717) is 29.7 Å². The fourth-order valence-corrected chi connectivity index (χ4v) is 3.20. The van der Waals surface area contributed by atoms with Crippen LogP contribution in [-0.4, -0.2) is 41.5 Å². The Kier molecular flexibility index (Phi) is 5.66. The minimum atomic E-state index is -0.895. The van der Waals surface area contributed by atoms with Gasteiger partial charge in [-0.2, -0.15) is 0 Å². The summed E-state index contributed by atoms with van der Waals surface area (Å²) in [4.78, 5) is 36.1. The van der Waals surface area contributed by atoms with Gasteiger partial charge in [0, 0.05) is 11.1 Å². The van der Waals surface area contributed by atoms with Gasteiger partial charge in [0.15, 0.2) is 17.9 Å². The summed E-state index contributed by atoms with van der Waals surface area (Å²) in [6.07, 6.45) is -0.101. The Morgan fingerprint density at radius 3 is 2.44 bits per heavy atom. The number of benzene rings is 2. The molecule has 2 aromatic carbocycles. The zero-order valence-electron chi connectivity index (χ0n) is 15.0. The van der Waals surface area contributed by atoms with E-state index in [9.17, 15) is 14.4 Å². The highest BCUT2D eigenvalue weighted by molar-refractivity contribution is 6.09. The van der Waals surface area contributed by atoms with E-state index in [2.05, 4.69) is 0 Å². The first-order valence-corrected chi connectivity index (χ1v) is 8.92. The fourth-order valence-electron chi connectivity index (χ4n) is 3.20. The zero-order valence-corrected chi connectivity index (χ0v) is 15.0. The largest absolute Gasteiger partial charge is 0.477 e. The number of carbonyl (C=O) groups is 3. The molecular formula is C21H22NO5+. The molecule has 0 bridgehead atoms.